The highest BCUT2D eigenvalue weighted by atomic mass is 35.5. The SMILES string of the molecule is O=C1[C@H](Cl)[C@@H]2SCC(CCl)N12. The van der Waals surface area contributed by atoms with Gasteiger partial charge in [0.2, 0.25) is 5.91 Å². The van der Waals surface area contributed by atoms with Gasteiger partial charge < -0.3 is 4.90 Å². The summed E-state index contributed by atoms with van der Waals surface area (Å²) < 4.78 is 0. The van der Waals surface area contributed by atoms with Crippen molar-refractivity contribution in [2.45, 2.75) is 16.8 Å². The van der Waals surface area contributed by atoms with E-state index in [0.717, 1.165) is 5.75 Å². The van der Waals surface area contributed by atoms with E-state index in [1.807, 2.05) is 0 Å². The van der Waals surface area contributed by atoms with Crippen molar-refractivity contribution in [2.24, 2.45) is 0 Å². The molecular formula is C6H7Cl2NOS. The van der Waals surface area contributed by atoms with E-state index in [2.05, 4.69) is 0 Å². The maximum absolute atomic E-state index is 11.1. The number of rotatable bonds is 1. The highest BCUT2D eigenvalue weighted by Crippen LogP contribution is 2.42. The van der Waals surface area contributed by atoms with Crippen LogP contribution in [-0.2, 0) is 4.79 Å². The number of carbonyl (C=O) groups is 1. The fraction of sp³-hybridized carbons (Fsp3) is 0.833. The number of carbonyl (C=O) groups excluding carboxylic acids is 1. The molecule has 0 saturated carbocycles. The van der Waals surface area contributed by atoms with E-state index in [0.29, 0.717) is 5.88 Å². The molecule has 0 aromatic carbocycles. The summed E-state index contributed by atoms with van der Waals surface area (Å²) in [7, 11) is 0. The zero-order valence-corrected chi connectivity index (χ0v) is 7.99. The molecule has 0 aromatic heterocycles. The standard InChI is InChI=1S/C6H7Cl2NOS/c7-1-3-2-11-6-4(8)5(10)9(3)6/h3-4,6H,1-2H2/t3?,4-,6-/m0/s1. The Morgan fingerprint density at radius 2 is 2.45 bits per heavy atom. The Labute approximate surface area is 79.2 Å². The Kier molecular flexibility index (Phi) is 1.98. The molecule has 0 spiro atoms. The number of fused-ring (bicyclic) bond motifs is 1. The lowest BCUT2D eigenvalue weighted by Crippen LogP contribution is -2.61. The van der Waals surface area contributed by atoms with Crippen molar-refractivity contribution in [3.63, 3.8) is 0 Å². The number of β-lactam (4-membered cyclic amide) rings is 1. The third-order valence-electron chi connectivity index (χ3n) is 2.05. The van der Waals surface area contributed by atoms with Gasteiger partial charge in [0.1, 0.15) is 10.8 Å². The van der Waals surface area contributed by atoms with Crippen LogP contribution < -0.4 is 0 Å². The lowest BCUT2D eigenvalue weighted by molar-refractivity contribution is -0.141. The molecule has 2 fully saturated rings. The van der Waals surface area contributed by atoms with Crippen LogP contribution in [0.15, 0.2) is 0 Å². The highest BCUT2D eigenvalue weighted by molar-refractivity contribution is 8.00. The fourth-order valence-corrected chi connectivity index (χ4v) is 3.67. The molecule has 3 atom stereocenters. The van der Waals surface area contributed by atoms with Crippen LogP contribution in [0.1, 0.15) is 0 Å². The molecule has 0 aromatic rings. The Morgan fingerprint density at radius 1 is 1.73 bits per heavy atom. The lowest BCUT2D eigenvalue weighted by atomic mass is 10.1. The van der Waals surface area contributed by atoms with E-state index in [4.69, 9.17) is 23.2 Å². The summed E-state index contributed by atoms with van der Waals surface area (Å²) in [4.78, 5) is 12.9. The molecule has 0 aliphatic carbocycles. The highest BCUT2D eigenvalue weighted by Gasteiger charge is 2.53. The topological polar surface area (TPSA) is 20.3 Å². The third kappa shape index (κ3) is 0.977. The number of amides is 1. The molecule has 2 saturated heterocycles. The minimum Gasteiger partial charge on any atom is -0.322 e. The second kappa shape index (κ2) is 2.71. The van der Waals surface area contributed by atoms with Gasteiger partial charge in [-0.3, -0.25) is 4.79 Å². The van der Waals surface area contributed by atoms with Crippen LogP contribution in [0.3, 0.4) is 0 Å². The zero-order chi connectivity index (χ0) is 8.01. The molecule has 1 amide bonds. The number of nitrogens with zero attached hydrogens (tertiary/aromatic N) is 1. The van der Waals surface area contributed by atoms with Crippen molar-refractivity contribution in [2.75, 3.05) is 11.6 Å². The van der Waals surface area contributed by atoms with Crippen LogP contribution in [0.25, 0.3) is 0 Å². The summed E-state index contributed by atoms with van der Waals surface area (Å²) in [6, 6.07) is 0.217. The van der Waals surface area contributed by atoms with Crippen LogP contribution >= 0.6 is 35.0 Å². The average molecular weight is 212 g/mol. The molecule has 0 bridgehead atoms. The predicted molar refractivity (Wildman–Crippen MR) is 47.2 cm³/mol. The number of hydrogen-bond donors (Lipinski definition) is 0. The average Bonchev–Trinajstić information content (AvgIpc) is 2.43. The third-order valence-corrected chi connectivity index (χ3v) is 4.39. The number of alkyl halides is 2. The molecule has 2 aliphatic heterocycles. The van der Waals surface area contributed by atoms with Crippen LogP contribution in [0.5, 0.6) is 0 Å². The van der Waals surface area contributed by atoms with E-state index in [-0.39, 0.29) is 22.7 Å². The van der Waals surface area contributed by atoms with E-state index < -0.39 is 0 Å². The van der Waals surface area contributed by atoms with Gasteiger partial charge in [0.15, 0.2) is 0 Å². The quantitative estimate of drug-likeness (QED) is 0.479. The molecular weight excluding hydrogens is 205 g/mol. The molecule has 5 heteroatoms. The number of halogens is 2. The minimum atomic E-state index is -0.298. The van der Waals surface area contributed by atoms with Crippen LogP contribution in [0.2, 0.25) is 0 Å². The van der Waals surface area contributed by atoms with E-state index >= 15 is 0 Å². The number of thioether (sulfide) groups is 1. The van der Waals surface area contributed by atoms with Gasteiger partial charge in [0.05, 0.1) is 6.04 Å². The Balaban J connectivity index is 2.10. The first-order valence-electron chi connectivity index (χ1n) is 3.39. The van der Waals surface area contributed by atoms with Crippen molar-refractivity contribution < 1.29 is 4.79 Å². The largest absolute Gasteiger partial charge is 0.322 e. The summed E-state index contributed by atoms with van der Waals surface area (Å²) >= 11 is 13.2. The Morgan fingerprint density at radius 3 is 3.09 bits per heavy atom. The van der Waals surface area contributed by atoms with E-state index in [1.54, 1.807) is 16.7 Å². The number of hydrogen-bond acceptors (Lipinski definition) is 2. The first-order valence-corrected chi connectivity index (χ1v) is 5.41. The lowest BCUT2D eigenvalue weighted by Gasteiger charge is -2.40. The predicted octanol–water partition coefficient (Wildman–Crippen LogP) is 1.12. The van der Waals surface area contributed by atoms with Gasteiger partial charge >= 0.3 is 0 Å². The maximum Gasteiger partial charge on any atom is 0.244 e. The second-order valence-corrected chi connectivity index (χ2v) is 4.61. The minimum absolute atomic E-state index is 0.0484. The molecule has 62 valence electrons. The van der Waals surface area contributed by atoms with Gasteiger partial charge in [-0.2, -0.15) is 0 Å². The van der Waals surface area contributed by atoms with E-state index in [1.165, 1.54) is 0 Å². The fourth-order valence-electron chi connectivity index (χ4n) is 1.41. The molecule has 2 rings (SSSR count). The molecule has 11 heavy (non-hydrogen) atoms. The first kappa shape index (κ1) is 8.02. The van der Waals surface area contributed by atoms with Gasteiger partial charge in [0.25, 0.3) is 0 Å². The van der Waals surface area contributed by atoms with Crippen molar-refractivity contribution in [3.05, 3.63) is 0 Å². The van der Waals surface area contributed by atoms with Gasteiger partial charge in [-0.25, -0.2) is 0 Å². The van der Waals surface area contributed by atoms with Crippen LogP contribution in [0, 0.1) is 0 Å². The van der Waals surface area contributed by atoms with Crippen molar-refractivity contribution in [1.82, 2.24) is 4.90 Å². The van der Waals surface area contributed by atoms with Crippen molar-refractivity contribution in [3.8, 4) is 0 Å². The zero-order valence-electron chi connectivity index (χ0n) is 5.67. The molecule has 2 aliphatic rings. The molecule has 1 unspecified atom stereocenters. The van der Waals surface area contributed by atoms with Gasteiger partial charge in [-0.05, 0) is 0 Å². The summed E-state index contributed by atoms with van der Waals surface area (Å²) in [5.74, 6) is 1.51. The Bertz CT molecular complexity index is 195. The summed E-state index contributed by atoms with van der Waals surface area (Å²) in [6.45, 7) is 0. The smallest absolute Gasteiger partial charge is 0.244 e. The summed E-state index contributed by atoms with van der Waals surface area (Å²) in [6.07, 6.45) is 0. The van der Waals surface area contributed by atoms with Crippen LogP contribution in [0.4, 0.5) is 0 Å². The molecule has 0 N–H and O–H groups in total. The maximum atomic E-state index is 11.1. The molecule has 2 nitrogen and oxygen atoms in total. The molecule has 0 radical (unpaired) electrons. The normalized spacial score (nSPS) is 42.2. The van der Waals surface area contributed by atoms with Gasteiger partial charge in [-0.15, -0.1) is 35.0 Å². The van der Waals surface area contributed by atoms with Crippen molar-refractivity contribution >= 4 is 40.9 Å². The first-order chi connectivity index (χ1) is 5.25. The monoisotopic (exact) mass is 211 g/mol. The summed E-state index contributed by atoms with van der Waals surface area (Å²) in [5, 5.41) is -0.0962. The second-order valence-electron chi connectivity index (χ2n) is 2.68. The van der Waals surface area contributed by atoms with Crippen molar-refractivity contribution in [1.29, 1.82) is 0 Å². The van der Waals surface area contributed by atoms with Gasteiger partial charge in [0, 0.05) is 11.6 Å². The molecule has 2 heterocycles. The van der Waals surface area contributed by atoms with E-state index in [9.17, 15) is 4.79 Å². The van der Waals surface area contributed by atoms with Gasteiger partial charge in [-0.1, -0.05) is 0 Å². The summed E-state index contributed by atoms with van der Waals surface area (Å²) in [5.41, 5.74) is 0. The van der Waals surface area contributed by atoms with Crippen LogP contribution in [-0.4, -0.2) is 39.2 Å². The Hall–Kier alpha value is 0.400.